The zero-order valence-electron chi connectivity index (χ0n) is 9.92. The number of aromatic amines is 1. The van der Waals surface area contributed by atoms with Gasteiger partial charge >= 0.3 is 0 Å². The van der Waals surface area contributed by atoms with Crippen molar-refractivity contribution in [3.05, 3.63) is 36.7 Å². The second-order valence-electron chi connectivity index (χ2n) is 3.77. The lowest BCUT2D eigenvalue weighted by Crippen LogP contribution is -1.81. The number of hydrogen-bond donors (Lipinski definition) is 1. The molecule has 0 spiro atoms. The molecule has 5 heteroatoms. The summed E-state index contributed by atoms with van der Waals surface area (Å²) in [4.78, 5) is 17.3. The summed E-state index contributed by atoms with van der Waals surface area (Å²) in [6.45, 7) is 2.15. The van der Waals surface area contributed by atoms with Gasteiger partial charge in [-0.3, -0.25) is 0 Å². The highest BCUT2D eigenvalue weighted by molar-refractivity contribution is 7.99. The SMILES string of the molecule is CCSc1cccc(-c2nc3nccnc3[nH]2)c1. The first-order valence-corrected chi connectivity index (χ1v) is 6.75. The van der Waals surface area contributed by atoms with Crippen LogP contribution in [0.25, 0.3) is 22.7 Å². The average Bonchev–Trinajstić information content (AvgIpc) is 2.83. The molecule has 0 aliphatic rings. The lowest BCUT2D eigenvalue weighted by molar-refractivity contribution is 1.26. The zero-order chi connectivity index (χ0) is 12.4. The van der Waals surface area contributed by atoms with Crippen molar-refractivity contribution in [3.63, 3.8) is 0 Å². The van der Waals surface area contributed by atoms with Crippen molar-refractivity contribution in [1.82, 2.24) is 19.9 Å². The summed E-state index contributed by atoms with van der Waals surface area (Å²) in [7, 11) is 0. The highest BCUT2D eigenvalue weighted by Gasteiger charge is 2.06. The highest BCUT2D eigenvalue weighted by atomic mass is 32.2. The van der Waals surface area contributed by atoms with Crippen LogP contribution < -0.4 is 0 Å². The van der Waals surface area contributed by atoms with Gasteiger partial charge in [-0.1, -0.05) is 19.1 Å². The summed E-state index contributed by atoms with van der Waals surface area (Å²) in [5.41, 5.74) is 2.44. The van der Waals surface area contributed by atoms with Crippen LogP contribution in [0.1, 0.15) is 6.92 Å². The molecule has 0 aliphatic carbocycles. The van der Waals surface area contributed by atoms with Crippen LogP contribution in [0.15, 0.2) is 41.6 Å². The molecular weight excluding hydrogens is 244 g/mol. The molecule has 2 heterocycles. The van der Waals surface area contributed by atoms with Crippen molar-refractivity contribution in [1.29, 1.82) is 0 Å². The van der Waals surface area contributed by atoms with Crippen molar-refractivity contribution in [2.45, 2.75) is 11.8 Å². The molecule has 3 aromatic rings. The van der Waals surface area contributed by atoms with Crippen molar-refractivity contribution in [2.24, 2.45) is 0 Å². The van der Waals surface area contributed by atoms with Gasteiger partial charge in [0, 0.05) is 22.9 Å². The Hall–Kier alpha value is -1.88. The van der Waals surface area contributed by atoms with Gasteiger partial charge in [0.25, 0.3) is 0 Å². The predicted molar refractivity (Wildman–Crippen MR) is 73.5 cm³/mol. The van der Waals surface area contributed by atoms with Crippen LogP contribution >= 0.6 is 11.8 Å². The van der Waals surface area contributed by atoms with Crippen LogP contribution in [0.4, 0.5) is 0 Å². The number of fused-ring (bicyclic) bond motifs is 1. The molecule has 2 aromatic heterocycles. The van der Waals surface area contributed by atoms with E-state index in [1.165, 1.54) is 4.90 Å². The van der Waals surface area contributed by atoms with E-state index < -0.39 is 0 Å². The number of benzene rings is 1. The van der Waals surface area contributed by atoms with Crippen LogP contribution in [-0.2, 0) is 0 Å². The molecule has 1 N–H and O–H groups in total. The van der Waals surface area contributed by atoms with Crippen molar-refractivity contribution < 1.29 is 0 Å². The molecule has 0 radical (unpaired) electrons. The molecule has 3 rings (SSSR count). The molecule has 18 heavy (non-hydrogen) atoms. The smallest absolute Gasteiger partial charge is 0.197 e. The minimum absolute atomic E-state index is 0.654. The van der Waals surface area contributed by atoms with Gasteiger partial charge in [0.2, 0.25) is 0 Å². The Morgan fingerprint density at radius 2 is 2.11 bits per heavy atom. The fourth-order valence-electron chi connectivity index (χ4n) is 1.78. The largest absolute Gasteiger partial charge is 0.321 e. The fourth-order valence-corrected chi connectivity index (χ4v) is 2.50. The Bertz CT molecular complexity index is 644. The number of H-pyrrole nitrogens is 1. The molecule has 0 amide bonds. The molecule has 1 aromatic carbocycles. The second kappa shape index (κ2) is 4.78. The van der Waals surface area contributed by atoms with Crippen molar-refractivity contribution >= 4 is 23.1 Å². The quantitative estimate of drug-likeness (QED) is 0.731. The minimum atomic E-state index is 0.654. The van der Waals surface area contributed by atoms with Crippen LogP contribution in [0, 0.1) is 0 Å². The number of aromatic nitrogens is 4. The van der Waals surface area contributed by atoms with Crippen LogP contribution in [0.5, 0.6) is 0 Å². The molecule has 0 atom stereocenters. The third kappa shape index (κ3) is 2.09. The Morgan fingerprint density at radius 3 is 2.94 bits per heavy atom. The fraction of sp³-hybridized carbons (Fsp3) is 0.154. The molecule has 0 saturated heterocycles. The summed E-state index contributed by atoms with van der Waals surface area (Å²) >= 11 is 1.82. The van der Waals surface area contributed by atoms with Gasteiger partial charge in [-0.25, -0.2) is 15.0 Å². The molecule has 0 fully saturated rings. The Kier molecular flexibility index (Phi) is 2.98. The first-order chi connectivity index (χ1) is 8.86. The summed E-state index contributed by atoms with van der Waals surface area (Å²) < 4.78 is 0. The Morgan fingerprint density at radius 1 is 1.22 bits per heavy atom. The number of nitrogens with zero attached hydrogens (tertiary/aromatic N) is 3. The first kappa shape index (κ1) is 11.2. The van der Waals surface area contributed by atoms with E-state index in [9.17, 15) is 0 Å². The molecule has 0 unspecified atom stereocenters. The van der Waals surface area contributed by atoms with E-state index in [1.54, 1.807) is 12.4 Å². The van der Waals surface area contributed by atoms with Gasteiger partial charge in [0.1, 0.15) is 5.82 Å². The summed E-state index contributed by atoms with van der Waals surface area (Å²) in [6.07, 6.45) is 3.31. The second-order valence-corrected chi connectivity index (χ2v) is 5.11. The normalized spacial score (nSPS) is 10.9. The minimum Gasteiger partial charge on any atom is -0.321 e. The van der Waals surface area contributed by atoms with E-state index in [-0.39, 0.29) is 0 Å². The standard InChI is InChI=1S/C13H12N4S/c1-2-18-10-5-3-4-9(8-10)11-16-12-13(17-11)15-7-6-14-12/h3-8H,2H2,1H3,(H,14,15,16,17). The molecule has 90 valence electrons. The number of thioether (sulfide) groups is 1. The summed E-state index contributed by atoms with van der Waals surface area (Å²) in [5, 5.41) is 0. The van der Waals surface area contributed by atoms with E-state index in [4.69, 9.17) is 0 Å². The maximum atomic E-state index is 4.45. The van der Waals surface area contributed by atoms with Gasteiger partial charge in [-0.15, -0.1) is 11.8 Å². The van der Waals surface area contributed by atoms with Crippen molar-refractivity contribution in [3.8, 4) is 11.4 Å². The Labute approximate surface area is 109 Å². The van der Waals surface area contributed by atoms with Crippen LogP contribution in [0.3, 0.4) is 0 Å². The topological polar surface area (TPSA) is 54.5 Å². The lowest BCUT2D eigenvalue weighted by Gasteiger charge is -2.00. The third-order valence-corrected chi connectivity index (χ3v) is 3.43. The van der Waals surface area contributed by atoms with Crippen molar-refractivity contribution in [2.75, 3.05) is 5.75 Å². The highest BCUT2D eigenvalue weighted by Crippen LogP contribution is 2.24. The third-order valence-electron chi connectivity index (χ3n) is 2.55. The van der Waals surface area contributed by atoms with Gasteiger partial charge in [-0.05, 0) is 17.9 Å². The summed E-state index contributed by atoms with van der Waals surface area (Å²) in [5.74, 6) is 1.88. The van der Waals surface area contributed by atoms with E-state index in [1.807, 2.05) is 23.9 Å². The predicted octanol–water partition coefficient (Wildman–Crippen LogP) is 3.13. The van der Waals surface area contributed by atoms with Crippen LogP contribution in [0.2, 0.25) is 0 Å². The molecule has 0 bridgehead atoms. The van der Waals surface area contributed by atoms with Gasteiger partial charge in [-0.2, -0.15) is 0 Å². The number of nitrogens with one attached hydrogen (secondary N) is 1. The van der Waals surface area contributed by atoms with Gasteiger partial charge in [0.15, 0.2) is 11.3 Å². The summed E-state index contributed by atoms with van der Waals surface area (Å²) in [6, 6.07) is 8.32. The molecule has 4 nitrogen and oxygen atoms in total. The van der Waals surface area contributed by atoms with E-state index in [0.29, 0.717) is 5.65 Å². The molecular formula is C13H12N4S. The lowest BCUT2D eigenvalue weighted by atomic mass is 10.2. The maximum Gasteiger partial charge on any atom is 0.197 e. The van der Waals surface area contributed by atoms with Gasteiger partial charge in [0.05, 0.1) is 0 Å². The number of hydrogen-bond acceptors (Lipinski definition) is 4. The first-order valence-electron chi connectivity index (χ1n) is 5.77. The molecule has 0 aliphatic heterocycles. The van der Waals surface area contributed by atoms with E-state index >= 15 is 0 Å². The van der Waals surface area contributed by atoms with Gasteiger partial charge < -0.3 is 4.98 Å². The zero-order valence-corrected chi connectivity index (χ0v) is 10.7. The molecule has 0 saturated carbocycles. The average molecular weight is 256 g/mol. The monoisotopic (exact) mass is 256 g/mol. The number of imidazole rings is 1. The Balaban J connectivity index is 2.05. The van der Waals surface area contributed by atoms with Crippen LogP contribution in [-0.4, -0.2) is 25.7 Å². The van der Waals surface area contributed by atoms with E-state index in [2.05, 4.69) is 39.0 Å². The van der Waals surface area contributed by atoms with E-state index in [0.717, 1.165) is 22.8 Å². The number of rotatable bonds is 3. The maximum absolute atomic E-state index is 4.45.